The van der Waals surface area contributed by atoms with Gasteiger partial charge in [0.2, 0.25) is 17.5 Å². The molecule has 0 aromatic rings. The Kier molecular flexibility index (Phi) is 10.4. The van der Waals surface area contributed by atoms with E-state index >= 15 is 0 Å². The molecule has 0 aromatic heterocycles. The second-order valence-electron chi connectivity index (χ2n) is 16.6. The largest absolute Gasteiger partial charge is 0.481 e. The number of aliphatic hydroxyl groups is 5. The van der Waals surface area contributed by atoms with Crippen LogP contribution in [0.4, 0.5) is 0 Å². The minimum atomic E-state index is -3.38. The third-order valence-corrected chi connectivity index (χ3v) is 13.2. The topological polar surface area (TPSA) is 273 Å². The summed E-state index contributed by atoms with van der Waals surface area (Å²) in [6.45, 7) is 7.03. The summed E-state index contributed by atoms with van der Waals surface area (Å²) in [7, 11) is 0. The number of esters is 2. The van der Waals surface area contributed by atoms with Gasteiger partial charge in [-0.25, -0.2) is 9.59 Å². The first-order chi connectivity index (χ1) is 24.8. The Balaban J connectivity index is 1.36. The van der Waals surface area contributed by atoms with Crippen LogP contribution in [-0.4, -0.2) is 133 Å². The van der Waals surface area contributed by atoms with Gasteiger partial charge in [-0.15, -0.1) is 0 Å². The molecule has 17 heteroatoms. The van der Waals surface area contributed by atoms with E-state index in [0.717, 1.165) is 24.8 Å². The maximum Gasteiger partial charge on any atom is 0.380 e. The van der Waals surface area contributed by atoms with E-state index < -0.39 is 114 Å². The van der Waals surface area contributed by atoms with E-state index in [0.29, 0.717) is 12.8 Å². The molecule has 296 valence electrons. The number of ether oxygens (including phenoxy) is 5. The molecule has 15 atom stereocenters. The molecule has 4 aliphatic carbocycles. The molecule has 4 saturated carbocycles. The monoisotopic (exact) mass is 754 g/mol. The highest BCUT2D eigenvalue weighted by Gasteiger charge is 2.70. The number of aliphatic carboxylic acids is 2. The lowest BCUT2D eigenvalue weighted by Crippen LogP contribution is -2.73. The molecule has 1 spiro atoms. The third-order valence-electron chi connectivity index (χ3n) is 13.2. The van der Waals surface area contributed by atoms with E-state index in [1.807, 2.05) is 6.92 Å². The van der Waals surface area contributed by atoms with E-state index in [1.165, 1.54) is 0 Å². The smallest absolute Gasteiger partial charge is 0.380 e. The maximum atomic E-state index is 13.2. The summed E-state index contributed by atoms with van der Waals surface area (Å²) in [5, 5.41) is 75.6. The Labute approximate surface area is 305 Å². The van der Waals surface area contributed by atoms with Gasteiger partial charge in [0.15, 0.2) is 12.4 Å². The second kappa shape index (κ2) is 13.9. The minimum Gasteiger partial charge on any atom is -0.481 e. The van der Waals surface area contributed by atoms with Crippen LogP contribution in [-0.2, 0) is 47.7 Å². The lowest BCUT2D eigenvalue weighted by Gasteiger charge is -2.62. The number of aliphatic hydroxyl groups excluding tert-OH is 3. The summed E-state index contributed by atoms with van der Waals surface area (Å²) in [6.07, 6.45) is -9.16. The summed E-state index contributed by atoms with van der Waals surface area (Å²) in [6, 6.07) is 0. The van der Waals surface area contributed by atoms with Crippen LogP contribution >= 0.6 is 0 Å². The lowest BCUT2D eigenvalue weighted by molar-refractivity contribution is -0.364. The Morgan fingerprint density at radius 2 is 1.72 bits per heavy atom. The van der Waals surface area contributed by atoms with Crippen molar-refractivity contribution in [2.45, 2.75) is 126 Å². The summed E-state index contributed by atoms with van der Waals surface area (Å²) in [4.78, 5) is 63.5. The molecular formula is C36H50O17. The van der Waals surface area contributed by atoms with Crippen LogP contribution in [0.5, 0.6) is 0 Å². The molecule has 0 radical (unpaired) electrons. The molecule has 0 unspecified atom stereocenters. The quantitative estimate of drug-likeness (QED) is 0.0616. The van der Waals surface area contributed by atoms with E-state index in [9.17, 15) is 59.7 Å². The van der Waals surface area contributed by atoms with Crippen molar-refractivity contribution in [2.75, 3.05) is 13.2 Å². The highest BCUT2D eigenvalue weighted by atomic mass is 16.8. The van der Waals surface area contributed by atoms with Crippen LogP contribution < -0.4 is 0 Å². The van der Waals surface area contributed by atoms with Crippen molar-refractivity contribution in [3.63, 3.8) is 0 Å². The van der Waals surface area contributed by atoms with Crippen LogP contribution in [0.2, 0.25) is 0 Å². The van der Waals surface area contributed by atoms with Crippen LogP contribution in [0.3, 0.4) is 0 Å². The number of carboxylic acids is 2. The van der Waals surface area contributed by atoms with Crippen LogP contribution in [0, 0.1) is 40.4 Å². The molecule has 7 N–H and O–H groups in total. The summed E-state index contributed by atoms with van der Waals surface area (Å²) < 4.78 is 28.2. The fourth-order valence-electron chi connectivity index (χ4n) is 10.8. The molecule has 2 aliphatic heterocycles. The van der Waals surface area contributed by atoms with Crippen molar-refractivity contribution in [3.8, 4) is 0 Å². The number of fused-ring (bicyclic) bond motifs is 3. The predicted molar refractivity (Wildman–Crippen MR) is 174 cm³/mol. The number of hydrogen-bond acceptors (Lipinski definition) is 15. The normalized spacial score (nSPS) is 46.4. The molecule has 6 aliphatic rings. The highest BCUT2D eigenvalue weighted by molar-refractivity contribution is 6.38. The van der Waals surface area contributed by atoms with Crippen molar-refractivity contribution in [3.05, 3.63) is 12.2 Å². The van der Waals surface area contributed by atoms with Gasteiger partial charge in [0.25, 0.3) is 5.78 Å². The average molecular weight is 755 g/mol. The zero-order valence-corrected chi connectivity index (χ0v) is 29.9. The van der Waals surface area contributed by atoms with Gasteiger partial charge >= 0.3 is 23.9 Å². The van der Waals surface area contributed by atoms with E-state index in [2.05, 4.69) is 6.58 Å². The summed E-state index contributed by atoms with van der Waals surface area (Å²) in [5.41, 5.74) is -6.80. The number of cyclic esters (lactones) is 1. The Morgan fingerprint density at radius 1 is 1.02 bits per heavy atom. The van der Waals surface area contributed by atoms with Crippen molar-refractivity contribution in [1.29, 1.82) is 0 Å². The zero-order valence-electron chi connectivity index (χ0n) is 29.9. The predicted octanol–water partition coefficient (Wildman–Crippen LogP) is -0.333. The first kappa shape index (κ1) is 39.7. The number of carbonyl (C=O) groups excluding carboxylic acids is 3. The average Bonchev–Trinajstić information content (AvgIpc) is 3.41. The summed E-state index contributed by atoms with van der Waals surface area (Å²) in [5.74, 6) is -8.84. The van der Waals surface area contributed by atoms with Gasteiger partial charge in [-0.1, -0.05) is 27.4 Å². The van der Waals surface area contributed by atoms with Gasteiger partial charge in [-0.2, -0.15) is 0 Å². The van der Waals surface area contributed by atoms with Crippen LogP contribution in [0.25, 0.3) is 0 Å². The maximum absolute atomic E-state index is 13.2. The van der Waals surface area contributed by atoms with Gasteiger partial charge in [-0.3, -0.25) is 14.4 Å². The van der Waals surface area contributed by atoms with E-state index in [1.54, 1.807) is 13.8 Å². The third kappa shape index (κ3) is 6.11. The number of ketones is 1. The Bertz CT molecular complexity index is 1530. The number of carboxylic acid groups (broad SMARTS) is 2. The van der Waals surface area contributed by atoms with Gasteiger partial charge in [0.05, 0.1) is 31.3 Å². The number of Topliss-reactive ketones (excluding diaryl/α,β-unsaturated/α-hetero) is 1. The molecule has 2 saturated heterocycles. The molecule has 0 aromatic carbocycles. The fourth-order valence-corrected chi connectivity index (χ4v) is 10.8. The van der Waals surface area contributed by atoms with Gasteiger partial charge in [0, 0.05) is 11.8 Å². The minimum absolute atomic E-state index is 0.0569. The number of carbonyl (C=O) groups is 5. The molecule has 2 heterocycles. The molecular weight excluding hydrogens is 704 g/mol. The van der Waals surface area contributed by atoms with Crippen LogP contribution in [0.1, 0.15) is 72.1 Å². The zero-order chi connectivity index (χ0) is 39.0. The Morgan fingerprint density at radius 3 is 2.32 bits per heavy atom. The highest BCUT2D eigenvalue weighted by Crippen LogP contribution is 2.70. The molecule has 6 fully saturated rings. The first-order valence-corrected chi connectivity index (χ1v) is 18.2. The SMILES string of the molecule is C=C1[C@@H]2CC[C@H]3[C@]4(C)C[C@H](O[C@@H]5O[C@H](CO)[C@@H](O[C@H]6OC(=O)C(=O)[C@]6(O)CO)[C@](O)(C(=O)O)[C@H]5OC(=O)CC(C)C)C[C@@H](C(=O)O)[C@H]4CC[C@]3(C2)[C@H]1O. The molecule has 2 bridgehead atoms. The standard InChI is InChI=1S/C36H50O17/c1-15(2)9-23(39)51-27-30(50-21(13-37)26(36(27,48)31(45)46)52-32-35(47,14-38)25(41)29(44)53-32)49-18-10-19(28(42)43)20-7-8-34-11-17(16(3)24(34)40)5-6-22(34)33(20,4)12-18/h15,17-22,24,26-27,30,32,37-38,40,47-48H,3,5-14H2,1-2,4H3,(H,42,43)(H,45,46)/t17-,18-,19-,20-,21-,22+,24+,26-,27+,30-,32+,33-,34-,35-,36-/m1/s1. The molecule has 17 nitrogen and oxygen atoms in total. The van der Waals surface area contributed by atoms with Crippen molar-refractivity contribution in [1.82, 2.24) is 0 Å². The van der Waals surface area contributed by atoms with Crippen molar-refractivity contribution >= 4 is 29.7 Å². The fraction of sp³-hybridized carbons (Fsp3) is 0.806. The van der Waals surface area contributed by atoms with E-state index in [-0.39, 0.29) is 42.9 Å². The van der Waals surface area contributed by atoms with Crippen molar-refractivity contribution in [2.24, 2.45) is 40.4 Å². The van der Waals surface area contributed by atoms with Gasteiger partial charge in [-0.05, 0) is 79.6 Å². The van der Waals surface area contributed by atoms with Crippen LogP contribution in [0.15, 0.2) is 12.2 Å². The van der Waals surface area contributed by atoms with Crippen molar-refractivity contribution < 1.29 is 83.4 Å². The molecule has 6 rings (SSSR count). The molecule has 0 amide bonds. The number of hydrogen-bond donors (Lipinski definition) is 7. The van der Waals surface area contributed by atoms with E-state index in [4.69, 9.17) is 23.7 Å². The first-order valence-electron chi connectivity index (χ1n) is 18.2. The lowest BCUT2D eigenvalue weighted by atomic mass is 9.43. The second-order valence-corrected chi connectivity index (χ2v) is 16.6. The number of rotatable bonds is 11. The Hall–Kier alpha value is -3.03. The summed E-state index contributed by atoms with van der Waals surface area (Å²) >= 11 is 0. The molecule has 53 heavy (non-hydrogen) atoms. The van der Waals surface area contributed by atoms with Gasteiger partial charge < -0.3 is 59.4 Å². The van der Waals surface area contributed by atoms with Gasteiger partial charge in [0.1, 0.15) is 12.2 Å².